The summed E-state index contributed by atoms with van der Waals surface area (Å²) in [7, 11) is -2.02. The number of carbonyl (C=O) groups is 2. The van der Waals surface area contributed by atoms with Gasteiger partial charge < -0.3 is 4.34 Å². The molecule has 1 unspecified atom stereocenters. The molecule has 0 heterocycles. The molecule has 0 aromatic heterocycles. The molecule has 0 radical (unpaired) electrons. The van der Waals surface area contributed by atoms with Gasteiger partial charge >= 0.3 is 0 Å². The van der Waals surface area contributed by atoms with Crippen molar-refractivity contribution < 1.29 is 9.59 Å². The lowest BCUT2D eigenvalue weighted by atomic mass is 9.84. The summed E-state index contributed by atoms with van der Waals surface area (Å²) in [6.07, 6.45) is 2.17. The van der Waals surface area contributed by atoms with Gasteiger partial charge in [0.05, 0.1) is 5.71 Å². The molecule has 1 atom stereocenters. The molecular weight excluding hydrogens is 260 g/mol. The highest BCUT2D eigenvalue weighted by atomic mass is 28.3. The lowest BCUT2D eigenvalue weighted by Gasteiger charge is -2.30. The van der Waals surface area contributed by atoms with E-state index in [1.165, 1.54) is 6.92 Å². The number of Topliss-reactive ketones (excluding diaryl/α,β-unsaturated/α-hetero) is 2. The van der Waals surface area contributed by atoms with Crippen LogP contribution in [0.2, 0.25) is 26.2 Å². The highest BCUT2D eigenvalue weighted by Crippen LogP contribution is 2.21. The average Bonchev–Trinajstić information content (AvgIpc) is 2.24. The van der Waals surface area contributed by atoms with Crippen molar-refractivity contribution in [1.82, 2.24) is 4.34 Å². The first kappa shape index (κ1) is 15.3. The van der Waals surface area contributed by atoms with Gasteiger partial charge in [0.15, 0.2) is 0 Å². The van der Waals surface area contributed by atoms with Crippen molar-refractivity contribution in [1.29, 1.82) is 0 Å². The monoisotopic (exact) mass is 284 g/mol. The van der Waals surface area contributed by atoms with Gasteiger partial charge in [-0.15, -0.1) is 0 Å². The molecule has 4 nitrogen and oxygen atoms in total. The van der Waals surface area contributed by atoms with Gasteiger partial charge in [-0.3, -0.25) is 9.59 Å². The fourth-order valence-electron chi connectivity index (χ4n) is 2.46. The second kappa shape index (κ2) is 6.42. The normalized spacial score (nSPS) is 22.9. The maximum absolute atomic E-state index is 11.9. The molecule has 0 saturated heterocycles. The zero-order valence-electron chi connectivity index (χ0n) is 12.1. The zero-order valence-corrected chi connectivity index (χ0v) is 14.4. The first-order chi connectivity index (χ1) is 8.34. The fraction of sp³-hybridized carbons (Fsp3) is 0.750. The maximum Gasteiger partial charge on any atom is 0.149 e. The molecule has 0 spiro atoms. The first-order valence-electron chi connectivity index (χ1n) is 6.73. The fourth-order valence-corrected chi connectivity index (χ4v) is 7.99. The van der Waals surface area contributed by atoms with Crippen LogP contribution in [0.15, 0.2) is 5.10 Å². The van der Waals surface area contributed by atoms with Crippen molar-refractivity contribution in [2.45, 2.75) is 52.4 Å². The van der Waals surface area contributed by atoms with E-state index in [0.717, 1.165) is 18.6 Å². The Labute approximate surface area is 113 Å². The number of hydrogen-bond acceptors (Lipinski definition) is 4. The number of carbonyl (C=O) groups excluding carboxylic acids is 2. The molecule has 1 saturated carbocycles. The van der Waals surface area contributed by atoms with Crippen molar-refractivity contribution in [3.8, 4) is 0 Å². The van der Waals surface area contributed by atoms with E-state index < -0.39 is 23.8 Å². The van der Waals surface area contributed by atoms with Crippen molar-refractivity contribution >= 4 is 35.2 Å². The molecule has 1 rings (SSSR count). The molecule has 0 aliphatic heterocycles. The molecule has 0 aromatic rings. The Balaban J connectivity index is 3.02. The van der Waals surface area contributed by atoms with E-state index in [1.54, 1.807) is 0 Å². The lowest BCUT2D eigenvalue weighted by molar-refractivity contribution is -0.129. The smallest absolute Gasteiger partial charge is 0.149 e. The van der Waals surface area contributed by atoms with Crippen LogP contribution in [-0.2, 0) is 9.59 Å². The third-order valence-corrected chi connectivity index (χ3v) is 9.14. The number of rotatable bonds is 4. The van der Waals surface area contributed by atoms with Crippen LogP contribution >= 0.6 is 0 Å². The molecule has 0 amide bonds. The van der Waals surface area contributed by atoms with E-state index in [1.807, 2.05) is 0 Å². The summed E-state index contributed by atoms with van der Waals surface area (Å²) in [5.41, 5.74) is 0.821. The van der Waals surface area contributed by atoms with Crippen LogP contribution in [-0.4, -0.2) is 39.5 Å². The minimum Gasteiger partial charge on any atom is -0.355 e. The van der Waals surface area contributed by atoms with E-state index in [9.17, 15) is 9.59 Å². The largest absolute Gasteiger partial charge is 0.355 e. The Hall–Kier alpha value is -0.756. The molecule has 1 fully saturated rings. The summed E-state index contributed by atoms with van der Waals surface area (Å²) in [6.45, 7) is 10.5. The van der Waals surface area contributed by atoms with Gasteiger partial charge in [-0.2, -0.15) is 0 Å². The van der Waals surface area contributed by atoms with E-state index in [2.05, 4.69) is 30.5 Å². The highest BCUT2D eigenvalue weighted by molar-refractivity contribution is 6.69. The first-order valence-corrected chi connectivity index (χ1v) is 12.4. The Morgan fingerprint density at radius 1 is 1.22 bits per heavy atom. The van der Waals surface area contributed by atoms with Crippen LogP contribution in [0.1, 0.15) is 26.2 Å². The van der Waals surface area contributed by atoms with Crippen molar-refractivity contribution in [2.24, 2.45) is 11.0 Å². The van der Waals surface area contributed by atoms with Gasteiger partial charge in [-0.1, -0.05) is 26.2 Å². The van der Waals surface area contributed by atoms with Gasteiger partial charge in [0.2, 0.25) is 0 Å². The molecule has 6 heteroatoms. The molecular formula is C12H24N2O2Si2. The van der Waals surface area contributed by atoms with E-state index >= 15 is 0 Å². The SMILES string of the molecule is CC(=O)C1C(=O)CCCC1=NN([SiH](C)C)[SiH](C)C. The predicted molar refractivity (Wildman–Crippen MR) is 80.1 cm³/mol. The van der Waals surface area contributed by atoms with Crippen LogP contribution in [0.25, 0.3) is 0 Å². The minimum atomic E-state index is -1.01. The van der Waals surface area contributed by atoms with Gasteiger partial charge in [0, 0.05) is 6.42 Å². The average molecular weight is 285 g/mol. The zero-order chi connectivity index (χ0) is 13.9. The van der Waals surface area contributed by atoms with E-state index in [-0.39, 0.29) is 11.6 Å². The Kier molecular flexibility index (Phi) is 5.46. The number of ketones is 2. The van der Waals surface area contributed by atoms with Crippen LogP contribution in [0.4, 0.5) is 0 Å². The van der Waals surface area contributed by atoms with Gasteiger partial charge in [0.1, 0.15) is 35.4 Å². The number of hydrazone groups is 1. The maximum atomic E-state index is 11.9. The molecule has 0 N–H and O–H groups in total. The second-order valence-corrected chi connectivity index (χ2v) is 11.6. The Bertz CT molecular complexity index is 359. The van der Waals surface area contributed by atoms with Gasteiger partial charge in [-0.05, 0) is 19.8 Å². The van der Waals surface area contributed by atoms with E-state index in [0.29, 0.717) is 6.42 Å². The standard InChI is InChI=1S/C12H24N2O2Si2/c1-9(15)12-10(7-6-8-11(12)16)13-14(17(2)3)18(4)5/h12,17-18H,6-8H2,1-5H3. The van der Waals surface area contributed by atoms with Crippen molar-refractivity contribution in [3.05, 3.63) is 0 Å². The van der Waals surface area contributed by atoms with Crippen LogP contribution in [0, 0.1) is 5.92 Å². The Morgan fingerprint density at radius 3 is 2.22 bits per heavy atom. The Morgan fingerprint density at radius 2 is 1.78 bits per heavy atom. The second-order valence-electron chi connectivity index (χ2n) is 5.52. The molecule has 102 valence electrons. The molecule has 0 bridgehead atoms. The van der Waals surface area contributed by atoms with Crippen LogP contribution < -0.4 is 0 Å². The number of hydrogen-bond donors (Lipinski definition) is 0. The quantitative estimate of drug-likeness (QED) is 0.447. The summed E-state index contributed by atoms with van der Waals surface area (Å²) < 4.78 is 2.25. The summed E-state index contributed by atoms with van der Waals surface area (Å²) in [6, 6.07) is 0. The van der Waals surface area contributed by atoms with Crippen molar-refractivity contribution in [2.75, 3.05) is 0 Å². The number of nitrogens with zero attached hydrogens (tertiary/aromatic N) is 2. The van der Waals surface area contributed by atoms with Gasteiger partial charge in [0.25, 0.3) is 0 Å². The third-order valence-electron chi connectivity index (χ3n) is 3.22. The van der Waals surface area contributed by atoms with Crippen LogP contribution in [0.3, 0.4) is 0 Å². The van der Waals surface area contributed by atoms with Gasteiger partial charge in [-0.25, -0.2) is 5.10 Å². The summed E-state index contributed by atoms with van der Waals surface area (Å²) in [5.74, 6) is -0.542. The van der Waals surface area contributed by atoms with E-state index in [4.69, 9.17) is 5.10 Å². The highest BCUT2D eigenvalue weighted by Gasteiger charge is 2.32. The van der Waals surface area contributed by atoms with Crippen LogP contribution in [0.5, 0.6) is 0 Å². The molecule has 1 aliphatic rings. The van der Waals surface area contributed by atoms with Crippen molar-refractivity contribution in [3.63, 3.8) is 0 Å². The molecule has 1 aliphatic carbocycles. The third kappa shape index (κ3) is 3.62. The minimum absolute atomic E-state index is 0.0470. The summed E-state index contributed by atoms with van der Waals surface area (Å²) in [4.78, 5) is 23.5. The predicted octanol–water partition coefficient (Wildman–Crippen LogP) is 1.57. The topological polar surface area (TPSA) is 49.7 Å². The lowest BCUT2D eigenvalue weighted by Crippen LogP contribution is -2.42. The molecule has 18 heavy (non-hydrogen) atoms. The summed E-state index contributed by atoms with van der Waals surface area (Å²) in [5, 5.41) is 4.72. The summed E-state index contributed by atoms with van der Waals surface area (Å²) >= 11 is 0. The molecule has 0 aromatic carbocycles.